The summed E-state index contributed by atoms with van der Waals surface area (Å²) in [6, 6.07) is 0.109. The highest BCUT2D eigenvalue weighted by molar-refractivity contribution is 4.97. The third-order valence-electron chi connectivity index (χ3n) is 1.76. The van der Waals surface area contributed by atoms with Crippen LogP contribution in [-0.2, 0) is 0 Å². The quantitative estimate of drug-likeness (QED) is 0.587. The molecular weight excluding hydrogens is 138 g/mol. The van der Waals surface area contributed by atoms with Crippen molar-refractivity contribution in [1.29, 1.82) is 0 Å². The molecule has 0 aliphatic rings. The van der Waals surface area contributed by atoms with Crippen molar-refractivity contribution in [3.8, 4) is 12.3 Å². The number of aliphatic hydroxyl groups excluding tert-OH is 1. The van der Waals surface area contributed by atoms with Gasteiger partial charge >= 0.3 is 0 Å². The molecule has 0 spiro atoms. The first-order valence-corrected chi connectivity index (χ1v) is 4.02. The van der Waals surface area contributed by atoms with Gasteiger partial charge in [0.05, 0.1) is 12.1 Å². The lowest BCUT2D eigenvalue weighted by atomic mass is 10.1. The summed E-state index contributed by atoms with van der Waals surface area (Å²) in [6.45, 7) is 5.78. The van der Waals surface area contributed by atoms with Crippen LogP contribution in [0, 0.1) is 12.3 Å². The Morgan fingerprint density at radius 3 is 2.45 bits per heavy atom. The molecule has 2 N–H and O–H groups in total. The molecule has 0 aromatic carbocycles. The predicted molar refractivity (Wildman–Crippen MR) is 47.2 cm³/mol. The van der Waals surface area contributed by atoms with Crippen molar-refractivity contribution in [2.45, 2.75) is 45.4 Å². The van der Waals surface area contributed by atoms with Gasteiger partial charge in [-0.25, -0.2) is 0 Å². The SMILES string of the molecule is C#CC(C)NC(C)C(O)CC. The molecule has 2 nitrogen and oxygen atoms in total. The van der Waals surface area contributed by atoms with Crippen LogP contribution in [0.25, 0.3) is 0 Å². The molecule has 0 amide bonds. The topological polar surface area (TPSA) is 32.3 Å². The van der Waals surface area contributed by atoms with Crippen molar-refractivity contribution in [2.24, 2.45) is 0 Å². The van der Waals surface area contributed by atoms with E-state index < -0.39 is 0 Å². The summed E-state index contributed by atoms with van der Waals surface area (Å²) in [5.41, 5.74) is 0. The number of hydrogen-bond donors (Lipinski definition) is 2. The Balaban J connectivity index is 3.69. The van der Waals surface area contributed by atoms with E-state index in [1.807, 2.05) is 20.8 Å². The van der Waals surface area contributed by atoms with Gasteiger partial charge in [-0.2, -0.15) is 0 Å². The van der Waals surface area contributed by atoms with E-state index in [0.717, 1.165) is 6.42 Å². The Hall–Kier alpha value is -0.520. The van der Waals surface area contributed by atoms with Gasteiger partial charge in [0.25, 0.3) is 0 Å². The van der Waals surface area contributed by atoms with Gasteiger partial charge in [0, 0.05) is 6.04 Å². The van der Waals surface area contributed by atoms with E-state index in [0.29, 0.717) is 0 Å². The van der Waals surface area contributed by atoms with Crippen molar-refractivity contribution in [3.05, 3.63) is 0 Å². The molecule has 0 aliphatic carbocycles. The summed E-state index contributed by atoms with van der Waals surface area (Å²) in [5, 5.41) is 12.4. The highest BCUT2D eigenvalue weighted by Crippen LogP contribution is 1.98. The molecule has 0 rings (SSSR count). The first-order chi connectivity index (χ1) is 5.11. The van der Waals surface area contributed by atoms with Gasteiger partial charge in [-0.1, -0.05) is 12.8 Å². The Labute approximate surface area is 69.0 Å². The maximum Gasteiger partial charge on any atom is 0.0688 e. The van der Waals surface area contributed by atoms with E-state index >= 15 is 0 Å². The molecule has 0 fully saturated rings. The number of nitrogens with one attached hydrogen (secondary N) is 1. The van der Waals surface area contributed by atoms with E-state index in [2.05, 4.69) is 11.2 Å². The van der Waals surface area contributed by atoms with Gasteiger partial charge < -0.3 is 5.11 Å². The van der Waals surface area contributed by atoms with Gasteiger partial charge in [0.1, 0.15) is 0 Å². The van der Waals surface area contributed by atoms with Crippen molar-refractivity contribution < 1.29 is 5.11 Å². The van der Waals surface area contributed by atoms with Crippen molar-refractivity contribution in [1.82, 2.24) is 5.32 Å². The minimum Gasteiger partial charge on any atom is -0.392 e. The highest BCUT2D eigenvalue weighted by Gasteiger charge is 2.12. The molecule has 2 heteroatoms. The van der Waals surface area contributed by atoms with E-state index in [4.69, 9.17) is 6.42 Å². The first kappa shape index (κ1) is 10.5. The summed E-state index contributed by atoms with van der Waals surface area (Å²) in [6.07, 6.45) is 5.62. The van der Waals surface area contributed by atoms with Crippen molar-refractivity contribution >= 4 is 0 Å². The van der Waals surface area contributed by atoms with Crippen LogP contribution in [0.4, 0.5) is 0 Å². The normalized spacial score (nSPS) is 18.5. The lowest BCUT2D eigenvalue weighted by Crippen LogP contribution is -2.41. The second-order valence-corrected chi connectivity index (χ2v) is 2.82. The minimum atomic E-state index is -0.300. The number of terminal acetylenes is 1. The average Bonchev–Trinajstić information content (AvgIpc) is 2.02. The lowest BCUT2D eigenvalue weighted by molar-refractivity contribution is 0.128. The molecule has 0 radical (unpaired) electrons. The minimum absolute atomic E-state index is 0.0335. The molecule has 0 aliphatic heterocycles. The molecule has 0 aromatic rings. The van der Waals surface area contributed by atoms with Gasteiger partial charge in [0.2, 0.25) is 0 Å². The van der Waals surface area contributed by atoms with Crippen LogP contribution in [0.2, 0.25) is 0 Å². The van der Waals surface area contributed by atoms with Gasteiger partial charge in [0.15, 0.2) is 0 Å². The highest BCUT2D eigenvalue weighted by atomic mass is 16.3. The number of hydrogen-bond acceptors (Lipinski definition) is 2. The largest absolute Gasteiger partial charge is 0.392 e. The molecule has 0 heterocycles. The Morgan fingerprint density at radius 2 is 2.09 bits per heavy atom. The lowest BCUT2D eigenvalue weighted by Gasteiger charge is -2.20. The fraction of sp³-hybridized carbons (Fsp3) is 0.778. The zero-order chi connectivity index (χ0) is 8.85. The van der Waals surface area contributed by atoms with E-state index in [9.17, 15) is 5.11 Å². The monoisotopic (exact) mass is 155 g/mol. The second-order valence-electron chi connectivity index (χ2n) is 2.82. The molecule has 11 heavy (non-hydrogen) atoms. The zero-order valence-corrected chi connectivity index (χ0v) is 7.46. The van der Waals surface area contributed by atoms with E-state index in [1.54, 1.807) is 0 Å². The first-order valence-electron chi connectivity index (χ1n) is 4.02. The van der Waals surface area contributed by atoms with Crippen LogP contribution in [0.5, 0.6) is 0 Å². The molecule has 3 unspecified atom stereocenters. The van der Waals surface area contributed by atoms with Crippen molar-refractivity contribution in [2.75, 3.05) is 0 Å². The summed E-state index contributed by atoms with van der Waals surface area (Å²) >= 11 is 0. The zero-order valence-electron chi connectivity index (χ0n) is 7.46. The molecule has 0 saturated heterocycles. The summed E-state index contributed by atoms with van der Waals surface area (Å²) in [7, 11) is 0. The summed E-state index contributed by atoms with van der Waals surface area (Å²) < 4.78 is 0. The number of aliphatic hydroxyl groups is 1. The van der Waals surface area contributed by atoms with Crippen LogP contribution in [-0.4, -0.2) is 23.3 Å². The summed E-state index contributed by atoms with van der Waals surface area (Å²) in [5.74, 6) is 2.55. The van der Waals surface area contributed by atoms with Gasteiger partial charge in [-0.15, -0.1) is 6.42 Å². The van der Waals surface area contributed by atoms with Crippen LogP contribution in [0.15, 0.2) is 0 Å². The maximum atomic E-state index is 9.34. The maximum absolute atomic E-state index is 9.34. The molecule has 3 atom stereocenters. The average molecular weight is 155 g/mol. The standard InChI is InChI=1S/C9H17NO/c1-5-7(3)10-8(4)9(11)6-2/h1,7-11H,6H2,2-4H3. The molecule has 0 saturated carbocycles. The fourth-order valence-electron chi connectivity index (χ4n) is 0.907. The predicted octanol–water partition coefficient (Wildman–Crippen LogP) is 0.757. The third-order valence-corrected chi connectivity index (χ3v) is 1.76. The van der Waals surface area contributed by atoms with Gasteiger partial charge in [-0.3, -0.25) is 5.32 Å². The van der Waals surface area contributed by atoms with E-state index in [-0.39, 0.29) is 18.2 Å². The van der Waals surface area contributed by atoms with Crippen molar-refractivity contribution in [3.63, 3.8) is 0 Å². The van der Waals surface area contributed by atoms with Crippen LogP contribution >= 0.6 is 0 Å². The molecule has 64 valence electrons. The second kappa shape index (κ2) is 5.17. The fourth-order valence-corrected chi connectivity index (χ4v) is 0.907. The van der Waals surface area contributed by atoms with Crippen LogP contribution < -0.4 is 5.32 Å². The third kappa shape index (κ3) is 4.02. The van der Waals surface area contributed by atoms with Crippen LogP contribution in [0.3, 0.4) is 0 Å². The van der Waals surface area contributed by atoms with E-state index in [1.165, 1.54) is 0 Å². The summed E-state index contributed by atoms with van der Waals surface area (Å²) in [4.78, 5) is 0. The Kier molecular flexibility index (Phi) is 4.93. The smallest absolute Gasteiger partial charge is 0.0688 e. The molecular formula is C9H17NO. The molecule has 0 aromatic heterocycles. The Bertz CT molecular complexity index is 139. The number of rotatable bonds is 4. The van der Waals surface area contributed by atoms with Crippen LogP contribution in [0.1, 0.15) is 27.2 Å². The van der Waals surface area contributed by atoms with Gasteiger partial charge in [-0.05, 0) is 20.3 Å². The molecule has 0 bridgehead atoms. The Morgan fingerprint density at radius 1 is 1.55 bits per heavy atom.